The molecule has 0 saturated heterocycles. The van der Waals surface area contributed by atoms with E-state index in [0.717, 1.165) is 12.1 Å². The van der Waals surface area contributed by atoms with E-state index in [-0.39, 0.29) is 11.8 Å². The van der Waals surface area contributed by atoms with Crippen LogP contribution in [0.25, 0.3) is 0 Å². The highest BCUT2D eigenvalue weighted by atomic mass is 19.2. The van der Waals surface area contributed by atoms with E-state index >= 15 is 0 Å². The van der Waals surface area contributed by atoms with Crippen LogP contribution in [0.5, 0.6) is 5.75 Å². The number of benzene rings is 2. The molecule has 1 heterocycles. The highest BCUT2D eigenvalue weighted by molar-refractivity contribution is 6.04. The molecule has 0 radical (unpaired) electrons. The number of amides is 1. The second kappa shape index (κ2) is 8.47. The molecule has 1 aromatic heterocycles. The number of carbonyl (C=O) groups is 1. The van der Waals surface area contributed by atoms with Crippen molar-refractivity contribution in [2.75, 3.05) is 10.6 Å². The van der Waals surface area contributed by atoms with Crippen molar-refractivity contribution in [1.82, 2.24) is 4.98 Å². The van der Waals surface area contributed by atoms with Crippen molar-refractivity contribution in [3.8, 4) is 5.75 Å². The van der Waals surface area contributed by atoms with Gasteiger partial charge in [-0.25, -0.2) is 13.8 Å². The molecule has 0 atom stereocenters. The van der Waals surface area contributed by atoms with E-state index in [2.05, 4.69) is 15.6 Å². The normalized spacial score (nSPS) is 10.6. The molecule has 0 aliphatic rings. The summed E-state index contributed by atoms with van der Waals surface area (Å²) in [6.45, 7) is 3.86. The molecule has 2 N–H and O–H groups in total. The highest BCUT2D eigenvalue weighted by Crippen LogP contribution is 2.28. The van der Waals surface area contributed by atoms with Crippen molar-refractivity contribution in [2.24, 2.45) is 0 Å². The maximum Gasteiger partial charge on any atom is 0.255 e. The topological polar surface area (TPSA) is 63.2 Å². The van der Waals surface area contributed by atoms with E-state index in [1.807, 2.05) is 38.1 Å². The number of carbonyl (C=O) groups excluding carboxylic acids is 1. The van der Waals surface area contributed by atoms with E-state index in [1.165, 1.54) is 18.3 Å². The van der Waals surface area contributed by atoms with Crippen LogP contribution >= 0.6 is 0 Å². The molecule has 3 rings (SSSR count). The van der Waals surface area contributed by atoms with Crippen LogP contribution in [0.15, 0.2) is 60.8 Å². The highest BCUT2D eigenvalue weighted by Gasteiger charge is 2.11. The molecule has 2 aromatic carbocycles. The molecule has 1 amide bonds. The number of aromatic nitrogens is 1. The summed E-state index contributed by atoms with van der Waals surface area (Å²) in [5.41, 5.74) is 1.18. The van der Waals surface area contributed by atoms with Crippen molar-refractivity contribution >= 4 is 23.1 Å². The average Bonchev–Trinajstić information content (AvgIpc) is 2.66. The first kappa shape index (κ1) is 19.3. The van der Waals surface area contributed by atoms with E-state index in [4.69, 9.17) is 4.74 Å². The minimum absolute atomic E-state index is 0.00382. The van der Waals surface area contributed by atoms with Gasteiger partial charge in [-0.2, -0.15) is 0 Å². The van der Waals surface area contributed by atoms with Crippen LogP contribution in [0.3, 0.4) is 0 Å². The van der Waals surface area contributed by atoms with Gasteiger partial charge in [0.2, 0.25) is 0 Å². The summed E-state index contributed by atoms with van der Waals surface area (Å²) in [5.74, 6) is -1.37. The summed E-state index contributed by atoms with van der Waals surface area (Å²) < 4.78 is 32.1. The van der Waals surface area contributed by atoms with Gasteiger partial charge < -0.3 is 15.4 Å². The predicted molar refractivity (Wildman–Crippen MR) is 104 cm³/mol. The Kier molecular flexibility index (Phi) is 5.84. The molecular formula is C21H19F2N3O2. The summed E-state index contributed by atoms with van der Waals surface area (Å²) in [4.78, 5) is 16.6. The van der Waals surface area contributed by atoms with Crippen LogP contribution < -0.4 is 15.4 Å². The molecule has 0 unspecified atom stereocenters. The van der Waals surface area contributed by atoms with E-state index in [9.17, 15) is 13.6 Å². The third-order valence-electron chi connectivity index (χ3n) is 3.71. The Labute approximate surface area is 161 Å². The number of hydrogen-bond acceptors (Lipinski definition) is 4. The lowest BCUT2D eigenvalue weighted by Gasteiger charge is -2.15. The number of hydrogen-bond donors (Lipinski definition) is 2. The molecule has 7 heteroatoms. The Balaban J connectivity index is 1.77. The van der Waals surface area contributed by atoms with Crippen molar-refractivity contribution in [3.05, 3.63) is 78.0 Å². The zero-order valence-corrected chi connectivity index (χ0v) is 15.4. The number of nitrogens with one attached hydrogen (secondary N) is 2. The first-order valence-electron chi connectivity index (χ1n) is 8.67. The molecular weight excluding hydrogens is 364 g/mol. The van der Waals surface area contributed by atoms with E-state index in [1.54, 1.807) is 6.07 Å². The standard InChI is InChI=1S/C21H19F2N3O2/c1-13(2)28-19-6-4-3-5-18(19)26-20-11-14(9-10-24-20)21(27)25-15-7-8-16(22)17(23)12-15/h3-13H,1-2H3,(H,24,26)(H,25,27). The van der Waals surface area contributed by atoms with Gasteiger partial charge in [-0.3, -0.25) is 4.79 Å². The number of halogens is 2. The minimum Gasteiger partial charge on any atom is -0.489 e. The molecule has 28 heavy (non-hydrogen) atoms. The van der Waals surface area contributed by atoms with E-state index < -0.39 is 17.5 Å². The number of para-hydroxylation sites is 2. The van der Waals surface area contributed by atoms with Crippen LogP contribution in [-0.4, -0.2) is 17.0 Å². The second-order valence-corrected chi connectivity index (χ2v) is 6.30. The van der Waals surface area contributed by atoms with Gasteiger partial charge in [-0.15, -0.1) is 0 Å². The van der Waals surface area contributed by atoms with Gasteiger partial charge in [0.1, 0.15) is 11.6 Å². The largest absolute Gasteiger partial charge is 0.489 e. The third-order valence-corrected chi connectivity index (χ3v) is 3.71. The van der Waals surface area contributed by atoms with Crippen LogP contribution in [-0.2, 0) is 0 Å². The van der Waals surface area contributed by atoms with Crippen LogP contribution in [0.1, 0.15) is 24.2 Å². The summed E-state index contributed by atoms with van der Waals surface area (Å²) >= 11 is 0. The number of ether oxygens (including phenoxy) is 1. The van der Waals surface area contributed by atoms with Crippen LogP contribution in [0.4, 0.5) is 26.0 Å². The zero-order chi connectivity index (χ0) is 20.1. The van der Waals surface area contributed by atoms with Crippen LogP contribution in [0, 0.1) is 11.6 Å². The predicted octanol–water partition coefficient (Wildman–Crippen LogP) is 5.14. The minimum atomic E-state index is -1.03. The molecule has 0 fully saturated rings. The van der Waals surface area contributed by atoms with Gasteiger partial charge in [0.15, 0.2) is 11.6 Å². The quantitative estimate of drug-likeness (QED) is 0.618. The van der Waals surface area contributed by atoms with Gasteiger partial charge in [-0.05, 0) is 50.2 Å². The Morgan fingerprint density at radius 1 is 1.04 bits per heavy atom. The molecule has 0 bridgehead atoms. The first-order valence-corrected chi connectivity index (χ1v) is 8.67. The smallest absolute Gasteiger partial charge is 0.255 e. The summed E-state index contributed by atoms with van der Waals surface area (Å²) in [5, 5.41) is 5.66. The fourth-order valence-corrected chi connectivity index (χ4v) is 2.48. The summed E-state index contributed by atoms with van der Waals surface area (Å²) in [7, 11) is 0. The molecule has 144 valence electrons. The van der Waals surface area contributed by atoms with Crippen molar-refractivity contribution in [1.29, 1.82) is 0 Å². The zero-order valence-electron chi connectivity index (χ0n) is 15.4. The molecule has 0 spiro atoms. The third kappa shape index (κ3) is 4.82. The van der Waals surface area contributed by atoms with Crippen molar-refractivity contribution < 1.29 is 18.3 Å². The number of nitrogens with zero attached hydrogens (tertiary/aromatic N) is 1. The molecule has 3 aromatic rings. The Hall–Kier alpha value is -3.48. The lowest BCUT2D eigenvalue weighted by Crippen LogP contribution is -2.13. The monoisotopic (exact) mass is 383 g/mol. The Bertz CT molecular complexity index is 993. The van der Waals surface area contributed by atoms with E-state index in [0.29, 0.717) is 22.8 Å². The Morgan fingerprint density at radius 3 is 2.57 bits per heavy atom. The number of anilines is 3. The molecule has 0 aliphatic heterocycles. The van der Waals surface area contributed by atoms with Crippen LogP contribution in [0.2, 0.25) is 0 Å². The fraction of sp³-hybridized carbons (Fsp3) is 0.143. The average molecular weight is 383 g/mol. The summed E-state index contributed by atoms with van der Waals surface area (Å²) in [6.07, 6.45) is 1.48. The van der Waals surface area contributed by atoms with Gasteiger partial charge in [-0.1, -0.05) is 12.1 Å². The first-order chi connectivity index (χ1) is 13.4. The molecule has 5 nitrogen and oxygen atoms in total. The lowest BCUT2D eigenvalue weighted by molar-refractivity contribution is 0.102. The van der Waals surface area contributed by atoms with Crippen molar-refractivity contribution in [3.63, 3.8) is 0 Å². The molecule has 0 aliphatic carbocycles. The van der Waals surface area contributed by atoms with Crippen molar-refractivity contribution in [2.45, 2.75) is 20.0 Å². The SMILES string of the molecule is CC(C)Oc1ccccc1Nc1cc(C(=O)Nc2ccc(F)c(F)c2)ccn1. The fourth-order valence-electron chi connectivity index (χ4n) is 2.48. The second-order valence-electron chi connectivity index (χ2n) is 6.30. The number of pyridine rings is 1. The maximum absolute atomic E-state index is 13.3. The summed E-state index contributed by atoms with van der Waals surface area (Å²) in [6, 6.07) is 13.6. The number of rotatable bonds is 6. The van der Waals surface area contributed by atoms with Gasteiger partial charge >= 0.3 is 0 Å². The Morgan fingerprint density at radius 2 is 1.82 bits per heavy atom. The molecule has 0 saturated carbocycles. The van der Waals surface area contributed by atoms with Gasteiger partial charge in [0.25, 0.3) is 5.91 Å². The lowest BCUT2D eigenvalue weighted by atomic mass is 10.2. The maximum atomic E-state index is 13.3. The van der Waals surface area contributed by atoms with Gasteiger partial charge in [0, 0.05) is 23.5 Å². The van der Waals surface area contributed by atoms with Gasteiger partial charge in [0.05, 0.1) is 11.8 Å².